The molecule has 1 N–H and O–H groups in total. The van der Waals surface area contributed by atoms with Crippen LogP contribution in [0.15, 0.2) is 18.2 Å². The molecule has 1 rings (SSSR count). The normalized spacial score (nSPS) is 10.6. The second kappa shape index (κ2) is 6.20. The minimum Gasteiger partial charge on any atom is -0.385 e. The van der Waals surface area contributed by atoms with Crippen molar-refractivity contribution in [3.63, 3.8) is 0 Å². The highest BCUT2D eigenvalue weighted by Crippen LogP contribution is 2.20. The van der Waals surface area contributed by atoms with Crippen LogP contribution in [-0.2, 0) is 0 Å². The fraction of sp³-hybridized carbons (Fsp3) is 0.500. The topological polar surface area (TPSA) is 58.4 Å². The third kappa shape index (κ3) is 4.82. The van der Waals surface area contributed by atoms with E-state index in [1.165, 1.54) is 0 Å². The van der Waals surface area contributed by atoms with Gasteiger partial charge in [0.1, 0.15) is 0 Å². The van der Waals surface area contributed by atoms with Gasteiger partial charge in [0.25, 0.3) is 5.69 Å². The molecule has 17 heavy (non-hydrogen) atoms. The number of rotatable bonds is 6. The van der Waals surface area contributed by atoms with E-state index in [1.807, 2.05) is 27.1 Å². The van der Waals surface area contributed by atoms with Gasteiger partial charge in [0, 0.05) is 24.4 Å². The average Bonchev–Trinajstić information content (AvgIpc) is 2.23. The summed E-state index contributed by atoms with van der Waals surface area (Å²) in [5, 5.41) is 13.9. The molecule has 5 heteroatoms. The lowest BCUT2D eigenvalue weighted by Crippen LogP contribution is -2.16. The van der Waals surface area contributed by atoms with Crippen LogP contribution >= 0.6 is 0 Å². The highest BCUT2D eigenvalue weighted by Gasteiger charge is 2.07. The summed E-state index contributed by atoms with van der Waals surface area (Å²) in [6.07, 6.45) is 1.01. The number of hydrogen-bond donors (Lipinski definition) is 1. The predicted molar refractivity (Wildman–Crippen MR) is 69.5 cm³/mol. The molecule has 0 spiro atoms. The van der Waals surface area contributed by atoms with Gasteiger partial charge in [-0.2, -0.15) is 0 Å². The van der Waals surface area contributed by atoms with Gasteiger partial charge in [-0.1, -0.05) is 0 Å². The molecule has 0 saturated carbocycles. The van der Waals surface area contributed by atoms with Gasteiger partial charge in [-0.25, -0.2) is 0 Å². The minimum atomic E-state index is -0.363. The molecule has 94 valence electrons. The van der Waals surface area contributed by atoms with Crippen molar-refractivity contribution in [2.45, 2.75) is 13.3 Å². The monoisotopic (exact) mass is 237 g/mol. The Hall–Kier alpha value is -1.62. The molecule has 0 amide bonds. The Labute approximate surface area is 102 Å². The zero-order valence-corrected chi connectivity index (χ0v) is 10.6. The molecule has 0 bridgehead atoms. The van der Waals surface area contributed by atoms with Crippen molar-refractivity contribution in [3.8, 4) is 0 Å². The molecule has 1 aromatic carbocycles. The number of anilines is 1. The van der Waals surface area contributed by atoms with Crippen molar-refractivity contribution in [1.29, 1.82) is 0 Å². The lowest BCUT2D eigenvalue weighted by molar-refractivity contribution is -0.384. The van der Waals surface area contributed by atoms with Crippen LogP contribution in [0.1, 0.15) is 12.0 Å². The largest absolute Gasteiger partial charge is 0.385 e. The molecular formula is C12H19N3O2. The molecule has 0 fully saturated rings. The Morgan fingerprint density at radius 3 is 2.65 bits per heavy atom. The molecule has 0 saturated heterocycles. The highest BCUT2D eigenvalue weighted by atomic mass is 16.6. The molecule has 1 aromatic rings. The van der Waals surface area contributed by atoms with E-state index in [0.29, 0.717) is 0 Å². The Morgan fingerprint density at radius 2 is 2.06 bits per heavy atom. The zero-order chi connectivity index (χ0) is 12.8. The summed E-state index contributed by atoms with van der Waals surface area (Å²) in [6.45, 7) is 3.68. The number of nitrogens with one attached hydrogen (secondary N) is 1. The fourth-order valence-electron chi connectivity index (χ4n) is 1.60. The van der Waals surface area contributed by atoms with Gasteiger partial charge >= 0.3 is 0 Å². The highest BCUT2D eigenvalue weighted by molar-refractivity contribution is 5.53. The Kier molecular flexibility index (Phi) is 4.90. The molecule has 0 aliphatic heterocycles. The number of aryl methyl sites for hydroxylation is 1. The van der Waals surface area contributed by atoms with Crippen LogP contribution in [0.5, 0.6) is 0 Å². The first-order valence-corrected chi connectivity index (χ1v) is 5.64. The molecule has 0 unspecified atom stereocenters. The van der Waals surface area contributed by atoms with Crippen LogP contribution in [-0.4, -0.2) is 37.0 Å². The first-order valence-electron chi connectivity index (χ1n) is 5.64. The van der Waals surface area contributed by atoms with Gasteiger partial charge in [-0.3, -0.25) is 10.1 Å². The second-order valence-corrected chi connectivity index (χ2v) is 4.40. The lowest BCUT2D eigenvalue weighted by Gasteiger charge is -2.11. The van der Waals surface area contributed by atoms with Crippen molar-refractivity contribution in [3.05, 3.63) is 33.9 Å². The van der Waals surface area contributed by atoms with Gasteiger partial charge < -0.3 is 10.2 Å². The summed E-state index contributed by atoms with van der Waals surface area (Å²) in [4.78, 5) is 12.4. The summed E-state index contributed by atoms with van der Waals surface area (Å²) in [5.74, 6) is 0. The Bertz CT molecular complexity index is 391. The van der Waals surface area contributed by atoms with Crippen LogP contribution in [0.4, 0.5) is 11.4 Å². The molecule has 0 radical (unpaired) electrons. The summed E-state index contributed by atoms with van der Waals surface area (Å²) in [7, 11) is 4.05. The Balaban J connectivity index is 2.56. The van der Waals surface area contributed by atoms with Crippen molar-refractivity contribution >= 4 is 11.4 Å². The SMILES string of the molecule is Cc1cc(NCCCN(C)C)cc([N+](=O)[O-])c1. The van der Waals surface area contributed by atoms with Gasteiger partial charge in [0.2, 0.25) is 0 Å². The van der Waals surface area contributed by atoms with Crippen LogP contribution < -0.4 is 5.32 Å². The van der Waals surface area contributed by atoms with Crippen molar-refractivity contribution in [1.82, 2.24) is 4.90 Å². The summed E-state index contributed by atoms with van der Waals surface area (Å²) < 4.78 is 0. The predicted octanol–water partition coefficient (Wildman–Crippen LogP) is 2.27. The molecule has 0 heterocycles. The molecule has 0 atom stereocenters. The van der Waals surface area contributed by atoms with Crippen LogP contribution in [0.2, 0.25) is 0 Å². The van der Waals surface area contributed by atoms with E-state index in [-0.39, 0.29) is 10.6 Å². The van der Waals surface area contributed by atoms with E-state index in [4.69, 9.17) is 0 Å². The number of nitrogens with zero attached hydrogens (tertiary/aromatic N) is 2. The molecular weight excluding hydrogens is 218 g/mol. The van der Waals surface area contributed by atoms with E-state index in [1.54, 1.807) is 12.1 Å². The van der Waals surface area contributed by atoms with Crippen molar-refractivity contribution in [2.24, 2.45) is 0 Å². The molecule has 0 aromatic heterocycles. The van der Waals surface area contributed by atoms with Gasteiger partial charge in [-0.05, 0) is 45.6 Å². The van der Waals surface area contributed by atoms with E-state index in [9.17, 15) is 10.1 Å². The number of hydrogen-bond acceptors (Lipinski definition) is 4. The maximum absolute atomic E-state index is 10.7. The van der Waals surface area contributed by atoms with Crippen molar-refractivity contribution in [2.75, 3.05) is 32.5 Å². The van der Waals surface area contributed by atoms with Gasteiger partial charge in [0.05, 0.1) is 4.92 Å². The number of non-ortho nitro benzene ring substituents is 1. The maximum Gasteiger partial charge on any atom is 0.271 e. The van der Waals surface area contributed by atoms with Gasteiger partial charge in [-0.15, -0.1) is 0 Å². The van der Waals surface area contributed by atoms with Crippen molar-refractivity contribution < 1.29 is 4.92 Å². The molecule has 5 nitrogen and oxygen atoms in total. The smallest absolute Gasteiger partial charge is 0.271 e. The average molecular weight is 237 g/mol. The number of nitro groups is 1. The standard InChI is InChI=1S/C12H19N3O2/c1-10-7-11(9-12(8-10)15(16)17)13-5-4-6-14(2)3/h7-9,13H,4-6H2,1-3H3. The van der Waals surface area contributed by atoms with E-state index in [2.05, 4.69) is 10.2 Å². The number of benzene rings is 1. The fourth-order valence-corrected chi connectivity index (χ4v) is 1.60. The first kappa shape index (κ1) is 13.4. The van der Waals surface area contributed by atoms with Gasteiger partial charge in [0.15, 0.2) is 0 Å². The molecule has 0 aliphatic rings. The quantitative estimate of drug-likeness (QED) is 0.468. The van der Waals surface area contributed by atoms with Crippen LogP contribution in [0, 0.1) is 17.0 Å². The summed E-state index contributed by atoms with van der Waals surface area (Å²) in [6, 6.07) is 5.07. The zero-order valence-electron chi connectivity index (χ0n) is 10.6. The summed E-state index contributed by atoms with van der Waals surface area (Å²) in [5.41, 5.74) is 1.85. The lowest BCUT2D eigenvalue weighted by atomic mass is 10.2. The third-order valence-electron chi connectivity index (χ3n) is 2.38. The van der Waals surface area contributed by atoms with E-state index in [0.717, 1.165) is 30.8 Å². The maximum atomic E-state index is 10.7. The van der Waals surface area contributed by atoms with E-state index < -0.39 is 0 Å². The second-order valence-electron chi connectivity index (χ2n) is 4.40. The van der Waals surface area contributed by atoms with Crippen LogP contribution in [0.3, 0.4) is 0 Å². The summed E-state index contributed by atoms with van der Waals surface area (Å²) >= 11 is 0. The first-order chi connectivity index (χ1) is 7.99. The minimum absolute atomic E-state index is 0.139. The molecule has 0 aliphatic carbocycles. The van der Waals surface area contributed by atoms with Crippen LogP contribution in [0.25, 0.3) is 0 Å². The van der Waals surface area contributed by atoms with E-state index >= 15 is 0 Å². The third-order valence-corrected chi connectivity index (χ3v) is 2.38. The Morgan fingerprint density at radius 1 is 1.35 bits per heavy atom. The number of nitro benzene ring substituents is 1.